The SMILES string of the molecule is CC(C)C[C@@H]1NC(=O)[C@@H](Cc2c[nH]c3ccccc23)NC(=O)[C@H](CCCCN)NC(=O)[C@@H](Cc2cnc[nH]2)NC(=O)[C@H](CCCCN)NC(=O)[C@@H](CCCCN)NC(=O)[C@H](CCCCN)NC(=O)[C@@H](Cc2c[nH]c3ccccc23)NC1=O. The Bertz CT molecular complexity index is 2870. The van der Waals surface area contributed by atoms with Crippen molar-refractivity contribution in [3.63, 3.8) is 0 Å². The van der Waals surface area contributed by atoms with Crippen molar-refractivity contribution in [1.82, 2.24) is 62.5 Å². The third kappa shape index (κ3) is 19.0. The summed E-state index contributed by atoms with van der Waals surface area (Å²) in [4.78, 5) is 132. The molecule has 0 unspecified atom stereocenters. The number of carbonyl (C=O) groups excluding carboxylic acids is 8. The van der Waals surface area contributed by atoms with Crippen molar-refractivity contribution in [2.24, 2.45) is 28.9 Å². The maximum Gasteiger partial charge on any atom is 0.243 e. The molecule has 8 atom stereocenters. The van der Waals surface area contributed by atoms with Crippen LogP contribution < -0.4 is 65.5 Å². The topological polar surface area (TPSA) is 397 Å². The molecular formula is C58H86N16O8. The van der Waals surface area contributed by atoms with Crippen molar-refractivity contribution in [1.29, 1.82) is 0 Å². The zero-order valence-corrected chi connectivity index (χ0v) is 47.3. The number of hydrogen-bond donors (Lipinski definition) is 15. The number of rotatable bonds is 24. The maximum absolute atomic E-state index is 15.0. The molecule has 1 aliphatic heterocycles. The van der Waals surface area contributed by atoms with Crippen LogP contribution in [0.1, 0.15) is 114 Å². The molecule has 82 heavy (non-hydrogen) atoms. The number of hydrogen-bond acceptors (Lipinski definition) is 13. The van der Waals surface area contributed by atoms with Gasteiger partial charge in [-0.05, 0) is 139 Å². The number of nitrogens with one attached hydrogen (secondary N) is 11. The van der Waals surface area contributed by atoms with Gasteiger partial charge in [-0.1, -0.05) is 50.2 Å². The van der Waals surface area contributed by atoms with Crippen LogP contribution in [-0.4, -0.2) is 142 Å². The number of carbonyl (C=O) groups is 8. The number of benzene rings is 2. The number of nitrogens with two attached hydrogens (primary N) is 4. The number of aromatic nitrogens is 4. The van der Waals surface area contributed by atoms with Crippen LogP contribution in [0.2, 0.25) is 0 Å². The number of fused-ring (bicyclic) bond motifs is 2. The number of H-pyrrole nitrogens is 3. The molecule has 24 heteroatoms. The van der Waals surface area contributed by atoms with Crippen LogP contribution in [0.3, 0.4) is 0 Å². The van der Waals surface area contributed by atoms with Gasteiger partial charge in [0.1, 0.15) is 48.3 Å². The minimum absolute atomic E-state index is 0.0436. The molecule has 0 bridgehead atoms. The summed E-state index contributed by atoms with van der Waals surface area (Å²) in [7, 11) is 0. The van der Waals surface area contributed by atoms with Gasteiger partial charge >= 0.3 is 0 Å². The largest absolute Gasteiger partial charge is 0.361 e. The number of aromatic amines is 3. The smallest absolute Gasteiger partial charge is 0.243 e. The molecule has 8 amide bonds. The minimum atomic E-state index is -1.34. The summed E-state index contributed by atoms with van der Waals surface area (Å²) >= 11 is 0. The van der Waals surface area contributed by atoms with Gasteiger partial charge in [0.25, 0.3) is 0 Å². The van der Waals surface area contributed by atoms with Crippen molar-refractivity contribution in [2.45, 2.75) is 165 Å². The Morgan fingerprint density at radius 1 is 0.402 bits per heavy atom. The zero-order chi connectivity index (χ0) is 59.0. The third-order valence-corrected chi connectivity index (χ3v) is 14.7. The molecule has 4 heterocycles. The van der Waals surface area contributed by atoms with Crippen molar-refractivity contribution >= 4 is 69.1 Å². The fraction of sp³-hybridized carbons (Fsp3) is 0.534. The lowest BCUT2D eigenvalue weighted by Crippen LogP contribution is -2.62. The number of imidazole rings is 1. The molecule has 0 radical (unpaired) electrons. The van der Waals surface area contributed by atoms with E-state index in [1.165, 1.54) is 12.5 Å². The molecule has 3 aromatic heterocycles. The van der Waals surface area contributed by atoms with Crippen LogP contribution in [-0.2, 0) is 57.6 Å². The second kappa shape index (κ2) is 32.7. The van der Waals surface area contributed by atoms with Gasteiger partial charge in [-0.3, -0.25) is 38.4 Å². The zero-order valence-electron chi connectivity index (χ0n) is 47.3. The molecule has 0 aliphatic carbocycles. The van der Waals surface area contributed by atoms with E-state index in [-0.39, 0.29) is 57.3 Å². The van der Waals surface area contributed by atoms with E-state index >= 15 is 4.79 Å². The summed E-state index contributed by atoms with van der Waals surface area (Å²) in [5, 5.41) is 24.6. The van der Waals surface area contributed by atoms with Gasteiger partial charge in [-0.2, -0.15) is 0 Å². The summed E-state index contributed by atoms with van der Waals surface area (Å²) in [6.07, 6.45) is 10.3. The third-order valence-electron chi connectivity index (χ3n) is 14.7. The van der Waals surface area contributed by atoms with Gasteiger partial charge < -0.3 is 80.4 Å². The lowest BCUT2D eigenvalue weighted by Gasteiger charge is -2.29. The number of unbranched alkanes of at least 4 members (excludes halogenated alkanes) is 4. The van der Waals surface area contributed by atoms with E-state index in [1.54, 1.807) is 12.4 Å². The number of para-hydroxylation sites is 2. The highest BCUT2D eigenvalue weighted by Gasteiger charge is 2.37. The summed E-state index contributed by atoms with van der Waals surface area (Å²) in [6.45, 7) is 4.94. The van der Waals surface area contributed by atoms with Crippen LogP contribution in [0.25, 0.3) is 21.8 Å². The van der Waals surface area contributed by atoms with Gasteiger partial charge in [0, 0.05) is 65.4 Å². The molecule has 1 aliphatic rings. The molecule has 5 aromatic rings. The average Bonchev–Trinajstić information content (AvgIpc) is 4.34. The van der Waals surface area contributed by atoms with E-state index in [0.717, 1.165) is 21.8 Å². The first-order chi connectivity index (χ1) is 39.6. The second-order valence-corrected chi connectivity index (χ2v) is 21.7. The molecule has 446 valence electrons. The maximum atomic E-state index is 15.0. The molecule has 6 rings (SSSR count). The highest BCUT2D eigenvalue weighted by atomic mass is 16.2. The summed E-state index contributed by atoms with van der Waals surface area (Å²) in [5.74, 6) is -5.89. The summed E-state index contributed by atoms with van der Waals surface area (Å²) in [6, 6.07) is 4.73. The Kier molecular flexibility index (Phi) is 25.3. The van der Waals surface area contributed by atoms with E-state index in [1.807, 2.05) is 62.4 Å². The first-order valence-corrected chi connectivity index (χ1v) is 28.9. The fourth-order valence-corrected chi connectivity index (χ4v) is 10.2. The van der Waals surface area contributed by atoms with Crippen LogP contribution in [0, 0.1) is 5.92 Å². The van der Waals surface area contributed by atoms with Crippen LogP contribution >= 0.6 is 0 Å². The molecule has 1 saturated heterocycles. The quantitative estimate of drug-likeness (QED) is 0.0382. The highest BCUT2D eigenvalue weighted by molar-refractivity contribution is 5.99. The van der Waals surface area contributed by atoms with Crippen molar-refractivity contribution in [3.8, 4) is 0 Å². The fourth-order valence-electron chi connectivity index (χ4n) is 10.2. The Labute approximate surface area is 478 Å². The first-order valence-electron chi connectivity index (χ1n) is 28.9. The highest BCUT2D eigenvalue weighted by Crippen LogP contribution is 2.22. The van der Waals surface area contributed by atoms with Gasteiger partial charge in [-0.25, -0.2) is 4.98 Å². The van der Waals surface area contributed by atoms with Gasteiger partial charge in [0.05, 0.1) is 6.33 Å². The Hall–Kier alpha value is -7.67. The van der Waals surface area contributed by atoms with Crippen molar-refractivity contribution in [2.75, 3.05) is 26.2 Å². The molecule has 24 nitrogen and oxygen atoms in total. The molecule has 0 saturated carbocycles. The van der Waals surface area contributed by atoms with Crippen molar-refractivity contribution < 1.29 is 38.4 Å². The lowest BCUT2D eigenvalue weighted by molar-refractivity contribution is -0.137. The Morgan fingerprint density at radius 3 is 1.06 bits per heavy atom. The van der Waals surface area contributed by atoms with Crippen molar-refractivity contribution in [3.05, 3.63) is 90.3 Å². The molecule has 2 aromatic carbocycles. The first kappa shape index (κ1) is 63.5. The molecule has 0 spiro atoms. The number of nitrogens with zero attached hydrogens (tertiary/aromatic N) is 1. The van der Waals surface area contributed by atoms with Crippen LogP contribution in [0.4, 0.5) is 0 Å². The summed E-state index contributed by atoms with van der Waals surface area (Å²) in [5.41, 5.74) is 27.0. The van der Waals surface area contributed by atoms with E-state index in [2.05, 4.69) is 62.5 Å². The van der Waals surface area contributed by atoms with Gasteiger partial charge in [-0.15, -0.1) is 0 Å². The van der Waals surface area contributed by atoms with E-state index in [0.29, 0.717) is 94.4 Å². The Morgan fingerprint density at radius 2 is 0.720 bits per heavy atom. The lowest BCUT2D eigenvalue weighted by atomic mass is 9.99. The Balaban J connectivity index is 1.46. The predicted octanol–water partition coefficient (Wildman–Crippen LogP) is 0.854. The predicted molar refractivity (Wildman–Crippen MR) is 313 cm³/mol. The average molecular weight is 1140 g/mol. The monoisotopic (exact) mass is 1130 g/mol. The van der Waals surface area contributed by atoms with E-state index in [4.69, 9.17) is 22.9 Å². The summed E-state index contributed by atoms with van der Waals surface area (Å²) < 4.78 is 0. The van der Waals surface area contributed by atoms with E-state index < -0.39 is 95.6 Å². The number of amides is 8. The van der Waals surface area contributed by atoms with E-state index in [9.17, 15) is 33.6 Å². The van der Waals surface area contributed by atoms with Crippen LogP contribution in [0.5, 0.6) is 0 Å². The molecular weight excluding hydrogens is 1050 g/mol. The van der Waals surface area contributed by atoms with Gasteiger partial charge in [0.2, 0.25) is 47.3 Å². The molecule has 1 fully saturated rings. The molecule has 19 N–H and O–H groups in total. The van der Waals surface area contributed by atoms with Crippen LogP contribution in [0.15, 0.2) is 73.4 Å². The second-order valence-electron chi connectivity index (χ2n) is 21.7. The standard InChI is InChI=1S/C58H86N16O8/c1-35(2)27-47-55(79)73-48(28-36-31-64-41-17-5-3-15-39(36)41)56(80)69-44(20-8-12-24-60)52(76)67-43(19-7-11-23-59)51(75)68-45(21-9-13-25-61)54(78)74-50(30-38-33-63-34-66-38)58(82)70-46(22-10-14-26-62)53(77)72-49(57(81)71-47)29-37-32-65-42-18-6-4-16-40(37)42/h3-6,15-18,31-35,43-50,64-65H,7-14,19-30,59-62H2,1-2H3,(H,63,66)(H,67,76)(H,68,75)(H,69,80)(H,70,82)(H,71,81)(H,72,77)(H,73,79)(H,74,78)/t43-,44+,45+,46+,47+,48-,49-,50-/m1/s1. The normalized spacial score (nSPS) is 22.4. The minimum Gasteiger partial charge on any atom is -0.361 e. The van der Waals surface area contributed by atoms with Gasteiger partial charge in [0.15, 0.2) is 0 Å².